The van der Waals surface area contributed by atoms with Crippen LogP contribution in [0.25, 0.3) is 5.01 Å². The molecule has 0 saturated carbocycles. The van der Waals surface area contributed by atoms with E-state index in [-0.39, 0.29) is 0 Å². The van der Waals surface area contributed by atoms with Crippen molar-refractivity contribution in [3.05, 3.63) is 34.0 Å². The van der Waals surface area contributed by atoms with Gasteiger partial charge in [-0.1, -0.05) is 0 Å². The molecule has 0 unspecified atom stereocenters. The first-order valence-electron chi connectivity index (χ1n) is 3.62. The molecule has 68 valence electrons. The standard InChI is InChI=1S/C9H9NO3/c1-12-8-4-3-7(6-10-11)5-9(8)13-2/h3-5H,1-2H3. The summed E-state index contributed by atoms with van der Waals surface area (Å²) in [5.74, 6) is 1.16. The van der Waals surface area contributed by atoms with Gasteiger partial charge >= 0.3 is 6.07 Å². The number of rotatable bonds is 2. The summed E-state index contributed by atoms with van der Waals surface area (Å²) in [5, 5.41) is 12.4. The minimum Gasteiger partial charge on any atom is -0.498 e. The predicted molar refractivity (Wildman–Crippen MR) is 49.3 cm³/mol. The lowest BCUT2D eigenvalue weighted by molar-refractivity contribution is 0.355. The van der Waals surface area contributed by atoms with Gasteiger partial charge in [0.25, 0.3) is 0 Å². The van der Waals surface area contributed by atoms with Gasteiger partial charge in [-0.05, 0) is 12.1 Å². The van der Waals surface area contributed by atoms with Gasteiger partial charge < -0.3 is 14.7 Å². The molecule has 0 aromatic heterocycles. The zero-order chi connectivity index (χ0) is 9.68. The highest BCUT2D eigenvalue weighted by Crippen LogP contribution is 2.27. The molecule has 0 fully saturated rings. The Morgan fingerprint density at radius 2 is 1.92 bits per heavy atom. The van der Waals surface area contributed by atoms with Crippen LogP contribution in [-0.2, 0) is 0 Å². The fourth-order valence-corrected chi connectivity index (χ4v) is 0.958. The van der Waals surface area contributed by atoms with Crippen LogP contribution in [0.1, 0.15) is 5.56 Å². The maximum atomic E-state index is 9.90. The van der Waals surface area contributed by atoms with E-state index >= 15 is 0 Å². The van der Waals surface area contributed by atoms with E-state index in [2.05, 4.69) is 11.1 Å². The van der Waals surface area contributed by atoms with Crippen LogP contribution in [0.2, 0.25) is 0 Å². The van der Waals surface area contributed by atoms with Gasteiger partial charge in [0.2, 0.25) is 0 Å². The Hall–Kier alpha value is -1.89. The molecule has 4 heteroatoms. The highest BCUT2D eigenvalue weighted by Gasteiger charge is 2.04. The molecular formula is C9H9NO3. The average Bonchev–Trinajstić information content (AvgIpc) is 2.18. The van der Waals surface area contributed by atoms with Crippen molar-refractivity contribution in [2.24, 2.45) is 0 Å². The van der Waals surface area contributed by atoms with Crippen molar-refractivity contribution in [2.75, 3.05) is 14.2 Å². The number of ether oxygens (including phenoxy) is 2. The molecule has 0 heterocycles. The van der Waals surface area contributed by atoms with Crippen LogP contribution < -0.4 is 9.47 Å². The first kappa shape index (κ1) is 9.20. The number of hydrogen-bond donors (Lipinski definition) is 0. The third-order valence-electron chi connectivity index (χ3n) is 1.56. The van der Waals surface area contributed by atoms with Crippen LogP contribution in [0.15, 0.2) is 18.2 Å². The third kappa shape index (κ3) is 2.03. The lowest BCUT2D eigenvalue weighted by atomic mass is 10.2. The monoisotopic (exact) mass is 179 g/mol. The van der Waals surface area contributed by atoms with E-state index in [1.54, 1.807) is 25.3 Å². The van der Waals surface area contributed by atoms with Crippen LogP contribution in [0, 0.1) is 11.3 Å². The van der Waals surface area contributed by atoms with Crippen LogP contribution in [0.3, 0.4) is 0 Å². The summed E-state index contributed by atoms with van der Waals surface area (Å²) in [7, 11) is 3.07. The molecule has 0 saturated heterocycles. The summed E-state index contributed by atoms with van der Waals surface area (Å²) in [6.07, 6.45) is 0. The van der Waals surface area contributed by atoms with Crippen molar-refractivity contribution in [3.8, 4) is 17.6 Å². The van der Waals surface area contributed by atoms with Gasteiger partial charge in [0, 0.05) is 11.1 Å². The second-order valence-electron chi connectivity index (χ2n) is 2.27. The van der Waals surface area contributed by atoms with E-state index in [4.69, 9.17) is 9.47 Å². The summed E-state index contributed by atoms with van der Waals surface area (Å²) < 4.78 is 10.0. The van der Waals surface area contributed by atoms with Crippen LogP contribution in [0.4, 0.5) is 0 Å². The van der Waals surface area contributed by atoms with Crippen molar-refractivity contribution in [1.29, 1.82) is 0 Å². The molecule has 0 N–H and O–H groups in total. The molecule has 4 nitrogen and oxygen atoms in total. The van der Waals surface area contributed by atoms with Gasteiger partial charge in [-0.25, -0.2) is 0 Å². The third-order valence-corrected chi connectivity index (χ3v) is 1.56. The van der Waals surface area contributed by atoms with Crippen molar-refractivity contribution >= 4 is 0 Å². The largest absolute Gasteiger partial charge is 0.498 e. The first-order chi connectivity index (χ1) is 6.31. The lowest BCUT2D eigenvalue weighted by Crippen LogP contribution is -1.90. The van der Waals surface area contributed by atoms with Crippen LogP contribution >= 0.6 is 0 Å². The molecule has 1 rings (SSSR count). The minimum absolute atomic E-state index is 0.552. The maximum absolute atomic E-state index is 9.90. The van der Waals surface area contributed by atoms with Crippen molar-refractivity contribution in [3.63, 3.8) is 0 Å². The predicted octanol–water partition coefficient (Wildman–Crippen LogP) is 1.88. The highest BCUT2D eigenvalue weighted by molar-refractivity contribution is 5.47. The topological polar surface area (TPSA) is 45.9 Å². The number of nitrogens with zero attached hydrogens (tertiary/aromatic N) is 1. The van der Waals surface area contributed by atoms with Crippen molar-refractivity contribution in [1.82, 2.24) is 0 Å². The second-order valence-corrected chi connectivity index (χ2v) is 2.27. The van der Waals surface area contributed by atoms with Crippen LogP contribution in [-0.4, -0.2) is 14.2 Å². The van der Waals surface area contributed by atoms with Gasteiger partial charge in [0.1, 0.15) is 5.56 Å². The van der Waals surface area contributed by atoms with E-state index in [1.807, 2.05) is 0 Å². The summed E-state index contributed by atoms with van der Waals surface area (Å²) in [4.78, 5) is 0. The zero-order valence-corrected chi connectivity index (χ0v) is 7.40. The molecule has 0 amide bonds. The summed E-state index contributed by atoms with van der Waals surface area (Å²) >= 11 is 0. The number of hydrogen-bond acceptors (Lipinski definition) is 3. The fraction of sp³-hybridized carbons (Fsp3) is 0.222. The fourth-order valence-electron chi connectivity index (χ4n) is 0.958. The zero-order valence-electron chi connectivity index (χ0n) is 7.40. The van der Waals surface area contributed by atoms with Gasteiger partial charge in [0.05, 0.1) is 14.2 Å². The summed E-state index contributed by atoms with van der Waals surface area (Å²) in [6.45, 7) is 0. The molecule has 1 aromatic rings. The highest BCUT2D eigenvalue weighted by atomic mass is 16.5. The Balaban J connectivity index is 3.10. The molecule has 1 aromatic carbocycles. The SMILES string of the molecule is COc1ccc(C#[N+][O-])cc1OC. The molecule has 0 aliphatic carbocycles. The molecule has 0 atom stereocenters. The molecule has 0 aliphatic heterocycles. The average molecular weight is 179 g/mol. The minimum atomic E-state index is 0.552. The van der Waals surface area contributed by atoms with Gasteiger partial charge in [-0.2, -0.15) is 0 Å². The van der Waals surface area contributed by atoms with Gasteiger partial charge in [-0.3, -0.25) is 0 Å². The van der Waals surface area contributed by atoms with Gasteiger partial charge in [-0.15, -0.1) is 0 Å². The first-order valence-corrected chi connectivity index (χ1v) is 3.62. The van der Waals surface area contributed by atoms with Crippen molar-refractivity contribution < 1.29 is 9.47 Å². The molecular weight excluding hydrogens is 170 g/mol. The summed E-state index contributed by atoms with van der Waals surface area (Å²) in [6, 6.07) is 7.25. The van der Waals surface area contributed by atoms with Crippen molar-refractivity contribution in [2.45, 2.75) is 0 Å². The summed E-state index contributed by atoms with van der Waals surface area (Å²) in [5.41, 5.74) is 0.563. The smallest absolute Gasteiger partial charge is 0.336 e. The Bertz CT molecular complexity index is 352. The van der Waals surface area contributed by atoms with E-state index in [0.29, 0.717) is 17.1 Å². The molecule has 0 radical (unpaired) electrons. The van der Waals surface area contributed by atoms with Crippen LogP contribution in [0.5, 0.6) is 11.5 Å². The Labute approximate surface area is 76.1 Å². The van der Waals surface area contributed by atoms with E-state index in [1.165, 1.54) is 7.11 Å². The second kappa shape index (κ2) is 4.21. The molecule has 0 bridgehead atoms. The Morgan fingerprint density at radius 3 is 2.46 bits per heavy atom. The molecule has 0 spiro atoms. The quantitative estimate of drug-likeness (QED) is 0.651. The van der Waals surface area contributed by atoms with Gasteiger partial charge in [0.15, 0.2) is 11.5 Å². The molecule has 13 heavy (non-hydrogen) atoms. The lowest BCUT2D eigenvalue weighted by Gasteiger charge is -2.05. The molecule has 0 aliphatic rings. The Morgan fingerprint density at radius 1 is 1.23 bits per heavy atom. The Kier molecular flexibility index (Phi) is 2.98. The number of methoxy groups -OCH3 is 2. The van der Waals surface area contributed by atoms with E-state index in [0.717, 1.165) is 0 Å². The maximum Gasteiger partial charge on any atom is 0.336 e. The number of benzene rings is 1. The van der Waals surface area contributed by atoms with E-state index < -0.39 is 0 Å². The van der Waals surface area contributed by atoms with E-state index in [9.17, 15) is 5.21 Å². The normalized spacial score (nSPS) is 8.46.